The van der Waals surface area contributed by atoms with Crippen molar-refractivity contribution in [1.29, 1.82) is 0 Å². The zero-order valence-electron chi connectivity index (χ0n) is 33.6. The summed E-state index contributed by atoms with van der Waals surface area (Å²) < 4.78 is 7.47. The third kappa shape index (κ3) is 5.35. The number of rotatable bonds is 4. The number of nitrogens with zero attached hydrogens (tertiary/aromatic N) is 4. The molecule has 0 aliphatic heterocycles. The van der Waals surface area contributed by atoms with E-state index in [0.717, 1.165) is 33.4 Å². The molecule has 0 spiro atoms. The van der Waals surface area contributed by atoms with Crippen LogP contribution in [0.4, 0.5) is 0 Å². The van der Waals surface area contributed by atoms with Crippen LogP contribution in [-0.4, -0.2) is 19.5 Å². The highest BCUT2D eigenvalue weighted by atomic mass is 32.1. The number of thiophene rings is 2. The van der Waals surface area contributed by atoms with Crippen LogP contribution >= 0.6 is 22.7 Å². The Morgan fingerprint density at radius 1 is 0.317 bits per heavy atom. The molecule has 0 unspecified atom stereocenters. The summed E-state index contributed by atoms with van der Waals surface area (Å²) in [6, 6.07) is 70.4. The van der Waals surface area contributed by atoms with E-state index in [1.54, 1.807) is 0 Å². The van der Waals surface area contributed by atoms with E-state index in [9.17, 15) is 0 Å². The quantitative estimate of drug-likeness (QED) is 0.177. The minimum atomic E-state index is 0.628. The molecule has 6 heteroatoms. The summed E-state index contributed by atoms with van der Waals surface area (Å²) in [4.78, 5) is 16.2. The van der Waals surface area contributed by atoms with E-state index in [2.05, 4.69) is 180 Å². The summed E-state index contributed by atoms with van der Waals surface area (Å²) in [6.07, 6.45) is 0. The molecule has 63 heavy (non-hydrogen) atoms. The van der Waals surface area contributed by atoms with Crippen LogP contribution in [0.1, 0.15) is 0 Å². The van der Waals surface area contributed by atoms with Crippen LogP contribution in [0.3, 0.4) is 0 Å². The van der Waals surface area contributed by atoms with E-state index >= 15 is 0 Å². The molecule has 4 aromatic heterocycles. The lowest BCUT2D eigenvalue weighted by Crippen LogP contribution is -2.04. The fourth-order valence-corrected chi connectivity index (χ4v) is 12.1. The van der Waals surface area contributed by atoms with Crippen LogP contribution in [0, 0.1) is 0 Å². The largest absolute Gasteiger partial charge is 0.308 e. The van der Waals surface area contributed by atoms with Gasteiger partial charge in [0.15, 0.2) is 17.5 Å². The van der Waals surface area contributed by atoms with Gasteiger partial charge >= 0.3 is 0 Å². The third-order valence-electron chi connectivity index (χ3n) is 12.8. The van der Waals surface area contributed by atoms with Crippen molar-refractivity contribution in [2.75, 3.05) is 0 Å². The Morgan fingerprint density at radius 2 is 0.889 bits per heavy atom. The zero-order chi connectivity index (χ0) is 41.2. The average molecular weight is 837 g/mol. The number of benzene rings is 10. The first-order chi connectivity index (χ1) is 31.2. The Bertz CT molecular complexity index is 4120. The molecule has 14 rings (SSSR count). The molecular formula is C57H32N4S2. The standard InChI is InChI=1S/C57H32N4S2/c1-2-13-34(14-3-1)55-58-56(39-23-25-52-45(28-39)41-20-10-11-21-51(41)62-52)60-57(59-55)47-31-46-42-24-22-33-12-8-9-19-40(33)54(42)63-53(46)32-50(47)61-48-29-37-17-6-4-15-35(37)26-43(48)44-27-36-16-5-7-18-38(36)30-49(44)61/h1-32H. The molecule has 0 saturated heterocycles. The summed E-state index contributed by atoms with van der Waals surface area (Å²) >= 11 is 3.68. The topological polar surface area (TPSA) is 43.6 Å². The summed E-state index contributed by atoms with van der Waals surface area (Å²) in [7, 11) is 0. The number of aromatic nitrogens is 4. The molecular weight excluding hydrogens is 805 g/mol. The summed E-state index contributed by atoms with van der Waals surface area (Å²) in [5, 5.41) is 14.6. The first-order valence-corrected chi connectivity index (χ1v) is 22.8. The van der Waals surface area contributed by atoms with Gasteiger partial charge in [-0.3, -0.25) is 0 Å². The van der Waals surface area contributed by atoms with Gasteiger partial charge in [-0.1, -0.05) is 133 Å². The van der Waals surface area contributed by atoms with Gasteiger partial charge in [-0.15, -0.1) is 22.7 Å². The fourth-order valence-electron chi connectivity index (χ4n) is 9.76. The second kappa shape index (κ2) is 13.4. The van der Waals surface area contributed by atoms with Gasteiger partial charge in [0.05, 0.1) is 16.7 Å². The first kappa shape index (κ1) is 34.9. The number of hydrogen-bond donors (Lipinski definition) is 0. The lowest BCUT2D eigenvalue weighted by atomic mass is 10.0. The predicted octanol–water partition coefficient (Wildman–Crippen LogP) is 16.2. The molecule has 14 aromatic rings. The Balaban J connectivity index is 1.12. The predicted molar refractivity (Wildman–Crippen MR) is 269 cm³/mol. The van der Waals surface area contributed by atoms with Crippen LogP contribution < -0.4 is 0 Å². The van der Waals surface area contributed by atoms with E-state index in [-0.39, 0.29) is 0 Å². The third-order valence-corrected chi connectivity index (χ3v) is 15.1. The molecule has 0 N–H and O–H groups in total. The van der Waals surface area contributed by atoms with Crippen molar-refractivity contribution in [2.24, 2.45) is 0 Å². The van der Waals surface area contributed by atoms with Crippen molar-refractivity contribution in [3.05, 3.63) is 194 Å². The Morgan fingerprint density at radius 3 is 1.62 bits per heavy atom. The minimum absolute atomic E-state index is 0.628. The highest BCUT2D eigenvalue weighted by Gasteiger charge is 2.23. The lowest BCUT2D eigenvalue weighted by molar-refractivity contribution is 1.07. The monoisotopic (exact) mass is 836 g/mol. The van der Waals surface area contributed by atoms with Gasteiger partial charge in [0, 0.05) is 67.8 Å². The molecule has 0 radical (unpaired) electrons. The van der Waals surface area contributed by atoms with Gasteiger partial charge in [0.1, 0.15) is 0 Å². The summed E-state index contributed by atoms with van der Waals surface area (Å²) in [6.45, 7) is 0. The molecule has 0 fully saturated rings. The van der Waals surface area contributed by atoms with Crippen molar-refractivity contribution in [2.45, 2.75) is 0 Å². The normalized spacial score (nSPS) is 12.1. The molecule has 292 valence electrons. The van der Waals surface area contributed by atoms with Crippen LogP contribution in [-0.2, 0) is 0 Å². The molecule has 0 atom stereocenters. The summed E-state index contributed by atoms with van der Waals surface area (Å²) in [5.41, 5.74) is 6.14. The maximum Gasteiger partial charge on any atom is 0.166 e. The smallest absolute Gasteiger partial charge is 0.166 e. The Hall–Kier alpha value is -7.77. The molecule has 0 amide bonds. The van der Waals surface area contributed by atoms with E-state index in [1.165, 1.54) is 83.4 Å². The van der Waals surface area contributed by atoms with Gasteiger partial charge in [0.25, 0.3) is 0 Å². The van der Waals surface area contributed by atoms with Gasteiger partial charge in [-0.2, -0.15) is 0 Å². The Labute approximate surface area is 368 Å². The molecule has 10 aromatic carbocycles. The SMILES string of the molecule is c1ccc(-c2nc(-c3ccc4sc5ccccc5c4c3)nc(-c3cc4c(cc3-n3c5cc6ccccc6cc5c5cc6ccccc6cc53)sc3c5ccccc5ccc43)n2)cc1. The van der Waals surface area contributed by atoms with Crippen LogP contribution in [0.25, 0.3) is 134 Å². The van der Waals surface area contributed by atoms with E-state index in [1.807, 2.05) is 40.9 Å². The molecule has 4 nitrogen and oxygen atoms in total. The van der Waals surface area contributed by atoms with E-state index in [0.29, 0.717) is 17.5 Å². The van der Waals surface area contributed by atoms with Crippen molar-refractivity contribution in [1.82, 2.24) is 19.5 Å². The van der Waals surface area contributed by atoms with Gasteiger partial charge in [0.2, 0.25) is 0 Å². The van der Waals surface area contributed by atoms with Crippen molar-refractivity contribution in [3.8, 4) is 39.9 Å². The van der Waals surface area contributed by atoms with Crippen LogP contribution in [0.5, 0.6) is 0 Å². The highest BCUT2D eigenvalue weighted by Crippen LogP contribution is 2.45. The maximum absolute atomic E-state index is 5.49. The van der Waals surface area contributed by atoms with Crippen LogP contribution in [0.15, 0.2) is 194 Å². The first-order valence-electron chi connectivity index (χ1n) is 21.2. The molecule has 0 aliphatic carbocycles. The highest BCUT2D eigenvalue weighted by molar-refractivity contribution is 7.27. The van der Waals surface area contributed by atoms with Gasteiger partial charge in [-0.05, 0) is 93.0 Å². The maximum atomic E-state index is 5.49. The second-order valence-electron chi connectivity index (χ2n) is 16.4. The van der Waals surface area contributed by atoms with E-state index in [4.69, 9.17) is 15.0 Å². The van der Waals surface area contributed by atoms with Crippen LogP contribution in [0.2, 0.25) is 0 Å². The molecule has 0 saturated carbocycles. The lowest BCUT2D eigenvalue weighted by Gasteiger charge is -2.16. The van der Waals surface area contributed by atoms with Crippen molar-refractivity contribution in [3.63, 3.8) is 0 Å². The summed E-state index contributed by atoms with van der Waals surface area (Å²) in [5.74, 6) is 1.91. The zero-order valence-corrected chi connectivity index (χ0v) is 35.2. The van der Waals surface area contributed by atoms with Crippen molar-refractivity contribution < 1.29 is 0 Å². The van der Waals surface area contributed by atoms with E-state index < -0.39 is 0 Å². The molecule has 4 heterocycles. The van der Waals surface area contributed by atoms with Crippen molar-refractivity contribution >= 4 is 117 Å². The number of fused-ring (bicyclic) bond motifs is 13. The van der Waals surface area contributed by atoms with Gasteiger partial charge < -0.3 is 4.57 Å². The molecule has 0 bridgehead atoms. The second-order valence-corrected chi connectivity index (χ2v) is 18.5. The number of hydrogen-bond acceptors (Lipinski definition) is 5. The average Bonchev–Trinajstić information content (AvgIpc) is 4.00. The molecule has 0 aliphatic rings. The Kier molecular flexibility index (Phi) is 7.40. The fraction of sp³-hybridized carbons (Fsp3) is 0. The van der Waals surface area contributed by atoms with Gasteiger partial charge in [-0.25, -0.2) is 15.0 Å². The minimum Gasteiger partial charge on any atom is -0.308 e.